The van der Waals surface area contributed by atoms with E-state index < -0.39 is 5.97 Å². The highest BCUT2D eigenvalue weighted by molar-refractivity contribution is 5.87. The van der Waals surface area contributed by atoms with Crippen molar-refractivity contribution >= 4 is 16.7 Å². The van der Waals surface area contributed by atoms with Gasteiger partial charge in [0.1, 0.15) is 0 Å². The van der Waals surface area contributed by atoms with E-state index in [1.165, 1.54) is 113 Å². The van der Waals surface area contributed by atoms with Gasteiger partial charge in [0.05, 0.1) is 31.5 Å². The number of esters is 1. The van der Waals surface area contributed by atoms with Crippen LogP contribution in [0.15, 0.2) is 48.6 Å². The van der Waals surface area contributed by atoms with E-state index in [9.17, 15) is 4.79 Å². The number of ether oxygens (including phenoxy) is 2. The molecule has 242 valence electrons. The molecule has 2 aromatic carbocycles. The Bertz CT molecular complexity index is 1180. The topological polar surface area (TPSA) is 59.1 Å². The molecule has 0 spiro atoms. The lowest BCUT2D eigenvalue weighted by atomic mass is 9.68. The summed E-state index contributed by atoms with van der Waals surface area (Å²) in [5.74, 6) is 3.57. The second-order valence-electron chi connectivity index (χ2n) is 14.5. The summed E-state index contributed by atoms with van der Waals surface area (Å²) < 4.78 is 10.8. The number of hydrogen-bond donors (Lipinski definition) is 1. The van der Waals surface area contributed by atoms with Gasteiger partial charge in [-0.3, -0.25) is 0 Å². The predicted octanol–water partition coefficient (Wildman–Crippen LogP) is 9.71. The number of aliphatic hydroxyl groups is 1. The highest BCUT2D eigenvalue weighted by Crippen LogP contribution is 2.45. The monoisotopic (exact) mass is 602 g/mol. The van der Waals surface area contributed by atoms with Crippen LogP contribution in [0.3, 0.4) is 0 Å². The van der Waals surface area contributed by atoms with Crippen molar-refractivity contribution in [1.82, 2.24) is 0 Å². The van der Waals surface area contributed by atoms with Gasteiger partial charge in [-0.25, -0.2) is 4.79 Å². The Balaban J connectivity index is 0.994. The molecule has 2 aliphatic carbocycles. The molecular weight excluding hydrogens is 544 g/mol. The molecule has 2 atom stereocenters. The minimum atomic E-state index is -0.473. The average Bonchev–Trinajstić information content (AvgIpc) is 3.88. The van der Waals surface area contributed by atoms with Crippen molar-refractivity contribution in [2.45, 2.75) is 128 Å². The van der Waals surface area contributed by atoms with Crippen molar-refractivity contribution in [3.05, 3.63) is 59.7 Å². The van der Waals surface area contributed by atoms with Gasteiger partial charge in [0.2, 0.25) is 0 Å². The molecule has 0 aromatic heterocycles. The lowest BCUT2D eigenvalue weighted by molar-refractivity contribution is -0.139. The maximum atomic E-state index is 11.8. The van der Waals surface area contributed by atoms with Crippen LogP contribution in [0.4, 0.5) is 0 Å². The Hall–Kier alpha value is -2.17. The molecule has 2 unspecified atom stereocenters. The molecule has 0 amide bonds. The summed E-state index contributed by atoms with van der Waals surface area (Å²) in [6.07, 6.45) is 22.5. The molecular formula is C40H58O4. The minimum absolute atomic E-state index is 0.131. The van der Waals surface area contributed by atoms with E-state index in [1.54, 1.807) is 5.56 Å². The molecule has 2 aromatic rings. The van der Waals surface area contributed by atoms with Crippen LogP contribution in [0.25, 0.3) is 10.8 Å². The lowest BCUT2D eigenvalue weighted by Gasteiger charge is -2.38. The number of carbonyl (C=O) groups excluding carboxylic acids is 1. The molecule has 2 saturated carbocycles. The Morgan fingerprint density at radius 2 is 1.64 bits per heavy atom. The molecule has 3 fully saturated rings. The number of fused-ring (bicyclic) bond motifs is 1. The van der Waals surface area contributed by atoms with Crippen LogP contribution < -0.4 is 0 Å². The first-order chi connectivity index (χ1) is 21.5. The molecule has 1 aliphatic heterocycles. The zero-order valence-electron chi connectivity index (χ0n) is 27.4. The van der Waals surface area contributed by atoms with Crippen molar-refractivity contribution in [2.75, 3.05) is 19.8 Å². The number of rotatable bonds is 17. The van der Waals surface area contributed by atoms with E-state index in [0.29, 0.717) is 18.6 Å². The second kappa shape index (κ2) is 16.9. The van der Waals surface area contributed by atoms with E-state index in [2.05, 4.69) is 49.9 Å². The van der Waals surface area contributed by atoms with Crippen molar-refractivity contribution in [2.24, 2.45) is 23.7 Å². The summed E-state index contributed by atoms with van der Waals surface area (Å²) in [7, 11) is 0. The van der Waals surface area contributed by atoms with Gasteiger partial charge in [-0.05, 0) is 116 Å². The van der Waals surface area contributed by atoms with Crippen LogP contribution in [0.1, 0.15) is 127 Å². The van der Waals surface area contributed by atoms with Gasteiger partial charge in [0, 0.05) is 0 Å². The summed E-state index contributed by atoms with van der Waals surface area (Å²) >= 11 is 0. The van der Waals surface area contributed by atoms with Crippen LogP contribution >= 0.6 is 0 Å². The third-order valence-corrected chi connectivity index (χ3v) is 11.3. The first-order valence-electron chi connectivity index (χ1n) is 18.1. The van der Waals surface area contributed by atoms with Crippen molar-refractivity contribution in [3.8, 4) is 0 Å². The second-order valence-corrected chi connectivity index (χ2v) is 14.5. The van der Waals surface area contributed by atoms with Crippen molar-refractivity contribution in [3.63, 3.8) is 0 Å². The standard InChI is InChI=1S/C40H58O4/c1-3-4-5-7-31-12-15-38-26-37(21-20-36(38)24-31)35-18-16-34(17-19-35)33-13-10-30(11-14-33)8-6-9-32(25-39-28-44-39)22-23-43-40(42)29(2)27-41/h12,15,20-21,24,26,30,32-35,39,41H,2-11,13-14,16-19,22-23,25,27-28H2,1H3. The minimum Gasteiger partial charge on any atom is -0.462 e. The smallest absolute Gasteiger partial charge is 0.335 e. The van der Waals surface area contributed by atoms with E-state index >= 15 is 0 Å². The SMILES string of the molecule is C=C(CO)C(=O)OCCC(CCCC1CCC(C2CCC(c3ccc4cc(CCCCC)ccc4c3)CC2)CC1)CC1CO1. The highest BCUT2D eigenvalue weighted by Gasteiger charge is 2.32. The van der Waals surface area contributed by atoms with Crippen molar-refractivity contribution in [1.29, 1.82) is 0 Å². The number of aryl methyl sites for hydroxylation is 1. The largest absolute Gasteiger partial charge is 0.462 e. The lowest BCUT2D eigenvalue weighted by Crippen LogP contribution is -2.25. The summed E-state index contributed by atoms with van der Waals surface area (Å²) in [4.78, 5) is 11.8. The molecule has 1 N–H and O–H groups in total. The van der Waals surface area contributed by atoms with Gasteiger partial charge in [-0.1, -0.05) is 94.8 Å². The molecule has 1 saturated heterocycles. The number of carbonyl (C=O) groups is 1. The Morgan fingerprint density at radius 1 is 0.932 bits per heavy atom. The van der Waals surface area contributed by atoms with Crippen LogP contribution in [0.5, 0.6) is 0 Å². The number of unbranched alkanes of at least 4 members (excludes halogenated alkanes) is 2. The van der Waals surface area contributed by atoms with Crippen LogP contribution in [0.2, 0.25) is 0 Å². The van der Waals surface area contributed by atoms with Gasteiger partial charge >= 0.3 is 5.97 Å². The molecule has 5 rings (SSSR count). The molecule has 4 nitrogen and oxygen atoms in total. The van der Waals surface area contributed by atoms with Crippen LogP contribution in [-0.4, -0.2) is 37.0 Å². The molecule has 0 bridgehead atoms. The van der Waals surface area contributed by atoms with Crippen molar-refractivity contribution < 1.29 is 19.4 Å². The normalized spacial score (nSPS) is 25.9. The summed E-state index contributed by atoms with van der Waals surface area (Å²) in [5.41, 5.74) is 3.19. The fraction of sp³-hybridized carbons (Fsp3) is 0.675. The predicted molar refractivity (Wildman–Crippen MR) is 181 cm³/mol. The molecule has 0 radical (unpaired) electrons. The first kappa shape index (κ1) is 33.2. The molecule has 1 heterocycles. The molecule has 3 aliphatic rings. The van der Waals surface area contributed by atoms with E-state index in [-0.39, 0.29) is 12.2 Å². The molecule has 4 heteroatoms. The fourth-order valence-corrected chi connectivity index (χ4v) is 8.31. The van der Waals surface area contributed by atoms with Gasteiger partial charge in [0.25, 0.3) is 0 Å². The third-order valence-electron chi connectivity index (χ3n) is 11.3. The Labute approximate surface area is 267 Å². The number of hydrogen-bond acceptors (Lipinski definition) is 4. The summed E-state index contributed by atoms with van der Waals surface area (Å²) in [6.45, 7) is 6.78. The van der Waals surface area contributed by atoms with E-state index in [1.807, 2.05) is 0 Å². The van der Waals surface area contributed by atoms with Gasteiger partial charge in [-0.2, -0.15) is 0 Å². The third kappa shape index (κ3) is 9.91. The first-order valence-corrected chi connectivity index (χ1v) is 18.1. The molecule has 44 heavy (non-hydrogen) atoms. The number of epoxide rings is 1. The average molecular weight is 603 g/mol. The summed E-state index contributed by atoms with van der Waals surface area (Å²) in [5, 5.41) is 11.9. The van der Waals surface area contributed by atoms with Gasteiger partial charge in [-0.15, -0.1) is 0 Å². The fourth-order valence-electron chi connectivity index (χ4n) is 8.31. The van der Waals surface area contributed by atoms with E-state index in [4.69, 9.17) is 14.6 Å². The highest BCUT2D eigenvalue weighted by atomic mass is 16.6. The number of benzene rings is 2. The maximum absolute atomic E-state index is 11.8. The zero-order chi connectivity index (χ0) is 30.7. The zero-order valence-corrected chi connectivity index (χ0v) is 27.4. The van der Waals surface area contributed by atoms with Crippen LogP contribution in [0, 0.1) is 23.7 Å². The van der Waals surface area contributed by atoms with E-state index in [0.717, 1.165) is 43.1 Å². The van der Waals surface area contributed by atoms with Gasteiger partial charge < -0.3 is 14.6 Å². The Morgan fingerprint density at radius 3 is 2.34 bits per heavy atom. The number of aliphatic hydroxyl groups excluding tert-OH is 1. The summed E-state index contributed by atoms with van der Waals surface area (Å²) in [6, 6.07) is 14.4. The van der Waals surface area contributed by atoms with Gasteiger partial charge in [0.15, 0.2) is 0 Å². The Kier molecular flexibility index (Phi) is 12.8. The quantitative estimate of drug-likeness (QED) is 0.0847. The maximum Gasteiger partial charge on any atom is 0.335 e. The van der Waals surface area contributed by atoms with Crippen LogP contribution in [-0.2, 0) is 20.7 Å².